The van der Waals surface area contributed by atoms with Crippen molar-refractivity contribution in [2.45, 2.75) is 53.1 Å². The molecule has 1 aromatic rings. The van der Waals surface area contributed by atoms with Crippen LogP contribution in [0.25, 0.3) is 0 Å². The largest absolute Gasteiger partial charge is 0.363 e. The second-order valence-electron chi connectivity index (χ2n) is 6.34. The summed E-state index contributed by atoms with van der Waals surface area (Å²) in [5.41, 5.74) is 0.734. The highest BCUT2D eigenvalue weighted by Crippen LogP contribution is 2.32. The van der Waals surface area contributed by atoms with Gasteiger partial charge < -0.3 is 10.6 Å². The summed E-state index contributed by atoms with van der Waals surface area (Å²) in [4.78, 5) is 10.9. The minimum absolute atomic E-state index is 0.0884. The molecule has 1 aliphatic rings. The van der Waals surface area contributed by atoms with Crippen LogP contribution in [0.1, 0.15) is 39.3 Å². The summed E-state index contributed by atoms with van der Waals surface area (Å²) in [6, 6.07) is 0.298. The van der Waals surface area contributed by atoms with E-state index in [9.17, 15) is 10.1 Å². The second kappa shape index (κ2) is 6.01. The van der Waals surface area contributed by atoms with Crippen LogP contribution in [0.2, 0.25) is 0 Å². The van der Waals surface area contributed by atoms with Crippen molar-refractivity contribution in [2.75, 3.05) is 18.4 Å². The molecule has 2 rings (SSSR count). The molecule has 0 bridgehead atoms. The van der Waals surface area contributed by atoms with E-state index in [1.807, 2.05) is 6.92 Å². The molecule has 2 heterocycles. The van der Waals surface area contributed by atoms with Crippen LogP contribution in [-0.2, 0) is 6.54 Å². The maximum atomic E-state index is 11.2. The lowest BCUT2D eigenvalue weighted by Crippen LogP contribution is -2.50. The monoisotopic (exact) mass is 295 g/mol. The lowest BCUT2D eigenvalue weighted by atomic mass is 9.77. The van der Waals surface area contributed by atoms with Crippen LogP contribution in [0.3, 0.4) is 0 Å². The van der Waals surface area contributed by atoms with E-state index in [1.54, 1.807) is 11.6 Å². The van der Waals surface area contributed by atoms with Crippen LogP contribution < -0.4 is 10.6 Å². The van der Waals surface area contributed by atoms with Crippen LogP contribution in [0, 0.1) is 22.5 Å². The predicted molar refractivity (Wildman–Crippen MR) is 82.6 cm³/mol. The zero-order chi connectivity index (χ0) is 15.6. The van der Waals surface area contributed by atoms with Crippen molar-refractivity contribution >= 4 is 11.5 Å². The highest BCUT2D eigenvalue weighted by atomic mass is 16.6. The Hall–Kier alpha value is -1.63. The average Bonchev–Trinajstić information content (AvgIpc) is 2.73. The van der Waals surface area contributed by atoms with Crippen molar-refractivity contribution < 1.29 is 4.92 Å². The molecule has 1 saturated heterocycles. The Morgan fingerprint density at radius 3 is 2.86 bits per heavy atom. The summed E-state index contributed by atoms with van der Waals surface area (Å²) in [5, 5.41) is 22.3. The fourth-order valence-electron chi connectivity index (χ4n) is 3.01. The van der Waals surface area contributed by atoms with Crippen molar-refractivity contribution in [3.05, 3.63) is 15.8 Å². The fraction of sp³-hybridized carbons (Fsp3) is 0.786. The molecule has 1 fully saturated rings. The van der Waals surface area contributed by atoms with E-state index in [0.29, 0.717) is 30.6 Å². The molecule has 0 aliphatic carbocycles. The molecule has 1 aromatic heterocycles. The molecule has 1 unspecified atom stereocenters. The first-order valence-electron chi connectivity index (χ1n) is 7.56. The fourth-order valence-corrected chi connectivity index (χ4v) is 3.01. The van der Waals surface area contributed by atoms with Gasteiger partial charge in [-0.1, -0.05) is 13.8 Å². The van der Waals surface area contributed by atoms with Gasteiger partial charge in [-0.2, -0.15) is 5.10 Å². The topological polar surface area (TPSA) is 85.0 Å². The Balaban J connectivity index is 2.17. The molecule has 0 spiro atoms. The minimum Gasteiger partial charge on any atom is -0.363 e. The van der Waals surface area contributed by atoms with Gasteiger partial charge in [0.25, 0.3) is 0 Å². The van der Waals surface area contributed by atoms with Gasteiger partial charge in [0, 0.05) is 19.1 Å². The van der Waals surface area contributed by atoms with Gasteiger partial charge in [0.1, 0.15) is 5.69 Å². The number of aryl methyl sites for hydroxylation is 2. The molecule has 1 atom stereocenters. The standard InChI is InChI=1S/C14H25N5O2/c1-5-18-13(12(19(20)21)10(2)17-18)16-9-11-14(3,4)7-6-8-15-11/h11,15-16H,5-9H2,1-4H3. The summed E-state index contributed by atoms with van der Waals surface area (Å²) in [7, 11) is 0. The van der Waals surface area contributed by atoms with Gasteiger partial charge in [0.15, 0.2) is 0 Å². The number of rotatable bonds is 5. The quantitative estimate of drug-likeness (QED) is 0.643. The molecule has 1 aliphatic heterocycles. The normalized spacial score (nSPS) is 21.2. The van der Waals surface area contributed by atoms with E-state index in [1.165, 1.54) is 12.8 Å². The van der Waals surface area contributed by atoms with Crippen molar-refractivity contribution in [1.82, 2.24) is 15.1 Å². The lowest BCUT2D eigenvalue weighted by Gasteiger charge is -2.39. The van der Waals surface area contributed by atoms with Crippen molar-refractivity contribution in [1.29, 1.82) is 0 Å². The molecule has 0 saturated carbocycles. The second-order valence-corrected chi connectivity index (χ2v) is 6.34. The summed E-state index contributed by atoms with van der Waals surface area (Å²) in [6.45, 7) is 10.4. The number of aromatic nitrogens is 2. The van der Waals surface area contributed by atoms with Crippen LogP contribution in [0.4, 0.5) is 11.5 Å². The van der Waals surface area contributed by atoms with Crippen LogP contribution >= 0.6 is 0 Å². The van der Waals surface area contributed by atoms with Crippen LogP contribution in [-0.4, -0.2) is 33.8 Å². The number of nitro groups is 1. The van der Waals surface area contributed by atoms with E-state index in [0.717, 1.165) is 6.54 Å². The third-order valence-electron chi connectivity index (χ3n) is 4.38. The summed E-state index contributed by atoms with van der Waals surface area (Å²) < 4.78 is 1.67. The first kappa shape index (κ1) is 15.8. The van der Waals surface area contributed by atoms with E-state index in [4.69, 9.17) is 0 Å². The highest BCUT2D eigenvalue weighted by molar-refractivity contribution is 5.59. The molecule has 118 valence electrons. The first-order valence-corrected chi connectivity index (χ1v) is 7.56. The summed E-state index contributed by atoms with van der Waals surface area (Å²) in [6.07, 6.45) is 2.34. The Labute approximate surface area is 125 Å². The zero-order valence-electron chi connectivity index (χ0n) is 13.3. The molecular formula is C14H25N5O2. The van der Waals surface area contributed by atoms with Gasteiger partial charge >= 0.3 is 5.69 Å². The van der Waals surface area contributed by atoms with Gasteiger partial charge in [0.05, 0.1) is 4.92 Å². The minimum atomic E-state index is -0.351. The molecule has 21 heavy (non-hydrogen) atoms. The van der Waals surface area contributed by atoms with E-state index in [-0.39, 0.29) is 16.0 Å². The molecule has 7 heteroatoms. The van der Waals surface area contributed by atoms with E-state index >= 15 is 0 Å². The van der Waals surface area contributed by atoms with Crippen LogP contribution in [0.5, 0.6) is 0 Å². The van der Waals surface area contributed by atoms with E-state index in [2.05, 4.69) is 29.6 Å². The molecule has 0 radical (unpaired) electrons. The van der Waals surface area contributed by atoms with Gasteiger partial charge in [-0.25, -0.2) is 4.68 Å². The number of piperidine rings is 1. The maximum Gasteiger partial charge on any atom is 0.333 e. The van der Waals surface area contributed by atoms with Gasteiger partial charge in [-0.05, 0) is 38.6 Å². The number of nitrogens with zero attached hydrogens (tertiary/aromatic N) is 3. The molecular weight excluding hydrogens is 270 g/mol. The number of nitrogens with one attached hydrogen (secondary N) is 2. The third-order valence-corrected chi connectivity index (χ3v) is 4.38. The van der Waals surface area contributed by atoms with E-state index < -0.39 is 0 Å². The predicted octanol–water partition coefficient (Wildman–Crippen LogP) is 2.31. The first-order chi connectivity index (χ1) is 9.86. The smallest absolute Gasteiger partial charge is 0.333 e. The number of anilines is 1. The van der Waals surface area contributed by atoms with Gasteiger partial charge in [-0.3, -0.25) is 10.1 Å². The molecule has 2 N–H and O–H groups in total. The summed E-state index contributed by atoms with van der Waals surface area (Å²) in [5.74, 6) is 0.517. The zero-order valence-corrected chi connectivity index (χ0v) is 13.3. The Morgan fingerprint density at radius 2 is 2.29 bits per heavy atom. The molecule has 7 nitrogen and oxygen atoms in total. The van der Waals surface area contributed by atoms with Gasteiger partial charge in [0.2, 0.25) is 5.82 Å². The number of hydrogen-bond acceptors (Lipinski definition) is 5. The molecule has 0 amide bonds. The van der Waals surface area contributed by atoms with Crippen LogP contribution in [0.15, 0.2) is 0 Å². The highest BCUT2D eigenvalue weighted by Gasteiger charge is 2.33. The Bertz CT molecular complexity index is 524. The third kappa shape index (κ3) is 3.18. The van der Waals surface area contributed by atoms with Gasteiger partial charge in [-0.15, -0.1) is 0 Å². The lowest BCUT2D eigenvalue weighted by molar-refractivity contribution is -0.384. The summed E-state index contributed by atoms with van der Waals surface area (Å²) >= 11 is 0. The average molecular weight is 295 g/mol. The number of hydrogen-bond donors (Lipinski definition) is 2. The van der Waals surface area contributed by atoms with Crippen molar-refractivity contribution in [3.8, 4) is 0 Å². The Kier molecular flexibility index (Phi) is 4.51. The van der Waals surface area contributed by atoms with Crippen molar-refractivity contribution in [2.24, 2.45) is 5.41 Å². The molecule has 0 aromatic carbocycles. The maximum absolute atomic E-state index is 11.2. The Morgan fingerprint density at radius 1 is 1.57 bits per heavy atom. The van der Waals surface area contributed by atoms with Crippen molar-refractivity contribution in [3.63, 3.8) is 0 Å². The SMILES string of the molecule is CCn1nc(C)c([N+](=O)[O-])c1NCC1NCCCC1(C)C.